The van der Waals surface area contributed by atoms with E-state index < -0.39 is 5.97 Å². The molecule has 0 saturated carbocycles. The summed E-state index contributed by atoms with van der Waals surface area (Å²) in [5.74, 6) is -0.621. The standard InChI is InChI=1S/C17H14O4S/c1-11-4-5-13-12(9-20-15(13)7-11)8-17(19)21-10-14(18)16-3-2-6-22-16/h2-7,9H,8,10H2,1H3. The van der Waals surface area contributed by atoms with Crippen LogP contribution in [0.15, 0.2) is 46.4 Å². The second kappa shape index (κ2) is 6.15. The molecule has 0 atom stereocenters. The molecule has 0 bridgehead atoms. The number of hydrogen-bond acceptors (Lipinski definition) is 5. The average Bonchev–Trinajstić information content (AvgIpc) is 3.15. The van der Waals surface area contributed by atoms with Crippen molar-refractivity contribution in [1.82, 2.24) is 0 Å². The van der Waals surface area contributed by atoms with Crippen molar-refractivity contribution in [3.63, 3.8) is 0 Å². The number of ketones is 1. The molecule has 2 aromatic heterocycles. The summed E-state index contributed by atoms with van der Waals surface area (Å²) < 4.78 is 10.5. The normalized spacial score (nSPS) is 10.8. The Kier molecular flexibility index (Phi) is 4.06. The van der Waals surface area contributed by atoms with Crippen LogP contribution in [0.2, 0.25) is 0 Å². The van der Waals surface area contributed by atoms with E-state index in [1.54, 1.807) is 18.4 Å². The summed E-state index contributed by atoms with van der Waals surface area (Å²) in [5.41, 5.74) is 2.61. The maximum absolute atomic E-state index is 11.9. The molecule has 22 heavy (non-hydrogen) atoms. The van der Waals surface area contributed by atoms with E-state index >= 15 is 0 Å². The zero-order valence-corrected chi connectivity index (χ0v) is 12.8. The zero-order valence-electron chi connectivity index (χ0n) is 12.0. The number of ether oxygens (including phenoxy) is 1. The van der Waals surface area contributed by atoms with Crippen molar-refractivity contribution in [2.24, 2.45) is 0 Å². The molecule has 0 spiro atoms. The number of hydrogen-bond donors (Lipinski definition) is 0. The summed E-state index contributed by atoms with van der Waals surface area (Å²) in [6.07, 6.45) is 1.65. The van der Waals surface area contributed by atoms with Gasteiger partial charge in [-0.25, -0.2) is 0 Å². The Morgan fingerprint density at radius 2 is 2.14 bits per heavy atom. The molecule has 3 aromatic rings. The molecule has 0 N–H and O–H groups in total. The highest BCUT2D eigenvalue weighted by molar-refractivity contribution is 7.12. The van der Waals surface area contributed by atoms with Crippen molar-refractivity contribution in [3.05, 3.63) is 58.0 Å². The molecule has 4 nitrogen and oxygen atoms in total. The van der Waals surface area contributed by atoms with Crippen LogP contribution in [0, 0.1) is 6.92 Å². The minimum Gasteiger partial charge on any atom is -0.464 e. The van der Waals surface area contributed by atoms with E-state index in [1.807, 2.05) is 30.5 Å². The highest BCUT2D eigenvalue weighted by Crippen LogP contribution is 2.23. The Morgan fingerprint density at radius 3 is 2.91 bits per heavy atom. The lowest BCUT2D eigenvalue weighted by atomic mass is 10.1. The third-order valence-electron chi connectivity index (χ3n) is 3.31. The van der Waals surface area contributed by atoms with Gasteiger partial charge in [0.2, 0.25) is 5.78 Å². The fourth-order valence-electron chi connectivity index (χ4n) is 2.19. The number of Topliss-reactive ketones (excluding diaryl/α,β-unsaturated/α-hetero) is 1. The largest absolute Gasteiger partial charge is 0.464 e. The van der Waals surface area contributed by atoms with Gasteiger partial charge in [-0.1, -0.05) is 18.2 Å². The first-order chi connectivity index (χ1) is 10.6. The smallest absolute Gasteiger partial charge is 0.310 e. The van der Waals surface area contributed by atoms with E-state index in [-0.39, 0.29) is 18.8 Å². The van der Waals surface area contributed by atoms with Gasteiger partial charge in [0.25, 0.3) is 0 Å². The van der Waals surface area contributed by atoms with Crippen LogP contribution >= 0.6 is 11.3 Å². The van der Waals surface area contributed by atoms with E-state index in [2.05, 4.69) is 0 Å². The van der Waals surface area contributed by atoms with Crippen LogP contribution in [-0.4, -0.2) is 18.4 Å². The Balaban J connectivity index is 1.62. The van der Waals surface area contributed by atoms with Crippen molar-refractivity contribution in [1.29, 1.82) is 0 Å². The fraction of sp³-hybridized carbons (Fsp3) is 0.176. The first kappa shape index (κ1) is 14.5. The lowest BCUT2D eigenvalue weighted by Gasteiger charge is -2.02. The summed E-state index contributed by atoms with van der Waals surface area (Å²) in [4.78, 5) is 24.3. The van der Waals surface area contributed by atoms with E-state index in [0.717, 1.165) is 22.1 Å². The number of rotatable bonds is 5. The third-order valence-corrected chi connectivity index (χ3v) is 4.22. The van der Waals surface area contributed by atoms with Gasteiger partial charge in [0.05, 0.1) is 17.6 Å². The fourth-order valence-corrected chi connectivity index (χ4v) is 2.84. The monoisotopic (exact) mass is 314 g/mol. The number of thiophene rings is 1. The van der Waals surface area contributed by atoms with Crippen molar-refractivity contribution < 1.29 is 18.7 Å². The van der Waals surface area contributed by atoms with Gasteiger partial charge in [0.1, 0.15) is 5.58 Å². The molecule has 0 aliphatic rings. The first-order valence-corrected chi connectivity index (χ1v) is 7.70. The van der Waals surface area contributed by atoms with Crippen molar-refractivity contribution in [2.45, 2.75) is 13.3 Å². The number of furan rings is 1. The lowest BCUT2D eigenvalue weighted by Crippen LogP contribution is -2.14. The Hall–Kier alpha value is -2.40. The van der Waals surface area contributed by atoms with Crippen molar-refractivity contribution in [3.8, 4) is 0 Å². The summed E-state index contributed by atoms with van der Waals surface area (Å²) in [6.45, 7) is 1.75. The van der Waals surface area contributed by atoms with E-state index in [4.69, 9.17) is 9.15 Å². The number of esters is 1. The van der Waals surface area contributed by atoms with Crippen LogP contribution in [-0.2, 0) is 16.0 Å². The van der Waals surface area contributed by atoms with Crippen LogP contribution in [0.25, 0.3) is 11.0 Å². The molecule has 3 rings (SSSR count). The van der Waals surface area contributed by atoms with Crippen LogP contribution in [0.4, 0.5) is 0 Å². The summed E-state index contributed by atoms with van der Waals surface area (Å²) in [7, 11) is 0. The number of benzene rings is 1. The molecule has 2 heterocycles. The number of fused-ring (bicyclic) bond motifs is 1. The first-order valence-electron chi connectivity index (χ1n) is 6.82. The minimum atomic E-state index is -0.437. The molecular weight excluding hydrogens is 300 g/mol. The van der Waals surface area contributed by atoms with Gasteiger partial charge in [-0.2, -0.15) is 0 Å². The van der Waals surface area contributed by atoms with Gasteiger partial charge in [0.15, 0.2) is 6.61 Å². The molecule has 0 aliphatic heterocycles. The number of aryl methyl sites for hydroxylation is 1. The van der Waals surface area contributed by atoms with Crippen molar-refractivity contribution >= 4 is 34.1 Å². The predicted octanol–water partition coefficient (Wildman–Crippen LogP) is 3.77. The van der Waals surface area contributed by atoms with Gasteiger partial charge in [-0.15, -0.1) is 11.3 Å². The van der Waals surface area contributed by atoms with Gasteiger partial charge in [0, 0.05) is 10.9 Å². The molecule has 0 saturated heterocycles. The lowest BCUT2D eigenvalue weighted by molar-refractivity contribution is -0.141. The zero-order chi connectivity index (χ0) is 15.5. The quantitative estimate of drug-likeness (QED) is 0.531. The van der Waals surface area contributed by atoms with Crippen molar-refractivity contribution in [2.75, 3.05) is 6.61 Å². The van der Waals surface area contributed by atoms with Gasteiger partial charge in [-0.05, 0) is 30.0 Å². The molecule has 0 fully saturated rings. The molecule has 0 amide bonds. The topological polar surface area (TPSA) is 56.5 Å². The highest BCUT2D eigenvalue weighted by atomic mass is 32.1. The molecule has 0 aliphatic carbocycles. The van der Waals surface area contributed by atoms with Crippen LogP contribution in [0.5, 0.6) is 0 Å². The molecule has 0 unspecified atom stereocenters. The van der Waals surface area contributed by atoms with Gasteiger partial charge < -0.3 is 9.15 Å². The maximum atomic E-state index is 11.9. The van der Waals surface area contributed by atoms with E-state index in [9.17, 15) is 9.59 Å². The average molecular weight is 314 g/mol. The molecule has 112 valence electrons. The number of carbonyl (C=O) groups is 2. The third kappa shape index (κ3) is 3.09. The maximum Gasteiger partial charge on any atom is 0.310 e. The summed E-state index contributed by atoms with van der Waals surface area (Å²) in [6, 6.07) is 9.32. The Labute approximate surface area is 131 Å². The Bertz CT molecular complexity index is 814. The second-order valence-electron chi connectivity index (χ2n) is 5.00. The highest BCUT2D eigenvalue weighted by Gasteiger charge is 2.14. The van der Waals surface area contributed by atoms with E-state index in [1.165, 1.54) is 11.3 Å². The van der Waals surface area contributed by atoms with E-state index in [0.29, 0.717) is 4.88 Å². The minimum absolute atomic E-state index is 0.0911. The van der Waals surface area contributed by atoms with Crippen LogP contribution in [0.1, 0.15) is 20.8 Å². The van der Waals surface area contributed by atoms with Crippen LogP contribution in [0.3, 0.4) is 0 Å². The van der Waals surface area contributed by atoms with Gasteiger partial charge >= 0.3 is 5.97 Å². The number of carbonyl (C=O) groups excluding carboxylic acids is 2. The molecule has 0 radical (unpaired) electrons. The van der Waals surface area contributed by atoms with Crippen LogP contribution < -0.4 is 0 Å². The SMILES string of the molecule is Cc1ccc2c(CC(=O)OCC(=O)c3cccs3)coc2c1. The Morgan fingerprint density at radius 1 is 1.27 bits per heavy atom. The summed E-state index contributed by atoms with van der Waals surface area (Å²) >= 11 is 1.34. The predicted molar refractivity (Wildman–Crippen MR) is 84.3 cm³/mol. The summed E-state index contributed by atoms with van der Waals surface area (Å²) in [5, 5.41) is 2.71. The molecule has 5 heteroatoms. The molecular formula is C17H14O4S. The van der Waals surface area contributed by atoms with Gasteiger partial charge in [-0.3, -0.25) is 9.59 Å². The second-order valence-corrected chi connectivity index (χ2v) is 5.95. The molecule has 1 aromatic carbocycles.